The Labute approximate surface area is 89.6 Å². The summed E-state index contributed by atoms with van der Waals surface area (Å²) in [6, 6.07) is 0. The Balaban J connectivity index is 4.30. The Hall–Kier alpha value is -0.340. The molecule has 0 amide bonds. The van der Waals surface area contributed by atoms with Crippen LogP contribution in [0.5, 0.6) is 0 Å². The van der Waals surface area contributed by atoms with Crippen molar-refractivity contribution < 1.29 is 22.7 Å². The fraction of sp³-hybridized carbons (Fsp3) is 0.889. The third kappa shape index (κ3) is 7.10. The molecule has 0 aliphatic carbocycles. The van der Waals surface area contributed by atoms with Crippen LogP contribution in [0.25, 0.3) is 0 Å². The second-order valence-electron chi connectivity index (χ2n) is 2.72. The van der Waals surface area contributed by atoms with Gasteiger partial charge in [-0.05, 0) is 20.3 Å². The van der Waals surface area contributed by atoms with Gasteiger partial charge in [0.25, 0.3) is 0 Å². The van der Waals surface area contributed by atoms with E-state index in [-0.39, 0.29) is 32.2 Å². The van der Waals surface area contributed by atoms with E-state index in [4.69, 9.17) is 13.4 Å². The predicted octanol–water partition coefficient (Wildman–Crippen LogP) is 2.27. The highest BCUT2D eigenvalue weighted by molar-refractivity contribution is 7.58. The van der Waals surface area contributed by atoms with E-state index in [9.17, 15) is 9.36 Å². The molecular formula is C9H19O4P. The number of carbonyl (C=O) groups excluding carboxylic acids is 1. The van der Waals surface area contributed by atoms with Crippen LogP contribution >= 0.6 is 7.37 Å². The Kier molecular flexibility index (Phi) is 4.48. The van der Waals surface area contributed by atoms with Crippen LogP contribution in [0.15, 0.2) is 0 Å². The van der Waals surface area contributed by atoms with Gasteiger partial charge in [-0.1, -0.05) is 0 Å². The molecule has 0 N–H and O–H groups in total. The Morgan fingerprint density at radius 2 is 2.14 bits per heavy atom. The third-order valence-electron chi connectivity index (χ3n) is 1.48. The van der Waals surface area contributed by atoms with E-state index in [1.165, 1.54) is 0 Å². The summed E-state index contributed by atoms with van der Waals surface area (Å²) in [6.45, 7) is 1.00. The number of rotatable bonds is 7. The summed E-state index contributed by atoms with van der Waals surface area (Å²) in [7, 11) is -3.69. The van der Waals surface area contributed by atoms with Crippen molar-refractivity contribution in [3.63, 3.8) is 0 Å². The van der Waals surface area contributed by atoms with Crippen molar-refractivity contribution in [1.29, 1.82) is 0 Å². The van der Waals surface area contributed by atoms with Gasteiger partial charge in [-0.2, -0.15) is 0 Å². The van der Waals surface area contributed by atoms with Crippen molar-refractivity contribution in [1.82, 2.24) is 0 Å². The first-order valence-corrected chi connectivity index (χ1v) is 6.47. The monoisotopic (exact) mass is 225 g/mol. The second kappa shape index (κ2) is 7.02. The summed E-state index contributed by atoms with van der Waals surface area (Å²) in [5.74, 6) is -0.416. The molecule has 0 aliphatic heterocycles. The number of ether oxygens (including phenoxy) is 1. The molecule has 0 aromatic carbocycles. The van der Waals surface area contributed by atoms with Gasteiger partial charge in [-0.3, -0.25) is 9.36 Å². The van der Waals surface area contributed by atoms with Crippen molar-refractivity contribution in [2.24, 2.45) is 0 Å². The molecule has 0 bridgehead atoms. The molecule has 0 radical (unpaired) electrons. The maximum atomic E-state index is 12.0. The zero-order valence-corrected chi connectivity index (χ0v) is 9.51. The average molecular weight is 225 g/mol. The van der Waals surface area contributed by atoms with Crippen LogP contribution in [0.4, 0.5) is 0 Å². The van der Waals surface area contributed by atoms with Crippen molar-refractivity contribution in [3.8, 4) is 0 Å². The normalized spacial score (nSPS) is 18.9. The molecule has 14 heavy (non-hydrogen) atoms. The van der Waals surface area contributed by atoms with Gasteiger partial charge in [-0.15, -0.1) is 0 Å². The molecule has 4 nitrogen and oxygen atoms in total. The Morgan fingerprint density at radius 1 is 1.43 bits per heavy atom. The number of hydrogen-bond acceptors (Lipinski definition) is 4. The van der Waals surface area contributed by atoms with Crippen molar-refractivity contribution >= 4 is 13.3 Å². The number of hydrogen-bond donors (Lipinski definition) is 0. The lowest BCUT2D eigenvalue weighted by atomic mass is 10.3. The highest BCUT2D eigenvalue weighted by Crippen LogP contribution is 2.42. The lowest BCUT2D eigenvalue weighted by Gasteiger charge is -2.11. The minimum atomic E-state index is -3.69. The minimum Gasteiger partial charge on any atom is -0.466 e. The summed E-state index contributed by atoms with van der Waals surface area (Å²) in [6.07, 6.45) is 0.117. The van der Waals surface area contributed by atoms with E-state index < -0.39 is 19.9 Å². The first-order chi connectivity index (χ1) is 7.77. The van der Waals surface area contributed by atoms with Gasteiger partial charge >= 0.3 is 5.97 Å². The van der Waals surface area contributed by atoms with Gasteiger partial charge in [0.1, 0.15) is 0 Å². The predicted molar refractivity (Wildman–Crippen MR) is 55.9 cm³/mol. The molecule has 0 saturated carbocycles. The van der Waals surface area contributed by atoms with Gasteiger partial charge in [0.2, 0.25) is 0 Å². The lowest BCUT2D eigenvalue weighted by molar-refractivity contribution is -0.143. The molecule has 84 valence electrons. The van der Waals surface area contributed by atoms with Crippen molar-refractivity contribution in [2.45, 2.75) is 26.7 Å². The molecule has 1 atom stereocenters. The van der Waals surface area contributed by atoms with E-state index >= 15 is 0 Å². The maximum Gasteiger partial charge on any atom is 0.305 e. The Morgan fingerprint density at radius 3 is 2.64 bits per heavy atom. The zero-order chi connectivity index (χ0) is 13.5. The minimum absolute atomic E-state index is 0.0565. The van der Waals surface area contributed by atoms with Crippen LogP contribution in [0, 0.1) is 0 Å². The zero-order valence-electron chi connectivity index (χ0n) is 11.6. The third-order valence-corrected chi connectivity index (χ3v) is 3.06. The molecule has 5 heteroatoms. The van der Waals surface area contributed by atoms with Gasteiger partial charge in [-0.25, -0.2) is 0 Å². The largest absolute Gasteiger partial charge is 0.466 e. The highest BCUT2D eigenvalue weighted by atomic mass is 31.2. The Bertz CT molecular complexity index is 290. The van der Waals surface area contributed by atoms with Crippen LogP contribution in [0.3, 0.4) is 0 Å². The van der Waals surface area contributed by atoms with Gasteiger partial charge in [0.15, 0.2) is 7.37 Å². The van der Waals surface area contributed by atoms with Crippen LogP contribution in [0.2, 0.25) is 0 Å². The standard InChI is InChI=1S/C9H19O4P/c1-4-12-9(10)7-6-8-14(3,11)13-5-2/h4-8H2,1-3H3/i3D3. The SMILES string of the molecule is [2H]C([2H])([2H])P(=O)(CCCC(=O)OCC)OCC. The molecule has 0 aromatic heterocycles. The molecule has 0 fully saturated rings. The van der Waals surface area contributed by atoms with E-state index in [1.54, 1.807) is 13.8 Å². The van der Waals surface area contributed by atoms with E-state index in [0.717, 1.165) is 0 Å². The van der Waals surface area contributed by atoms with E-state index in [1.807, 2.05) is 0 Å². The quantitative estimate of drug-likeness (QED) is 0.492. The molecule has 0 aromatic rings. The number of carbonyl (C=O) groups is 1. The molecule has 1 unspecified atom stereocenters. The van der Waals surface area contributed by atoms with Gasteiger partial charge < -0.3 is 9.26 Å². The van der Waals surface area contributed by atoms with Crippen LogP contribution in [0.1, 0.15) is 30.8 Å². The van der Waals surface area contributed by atoms with Gasteiger partial charge in [0, 0.05) is 23.3 Å². The summed E-state index contributed by atoms with van der Waals surface area (Å²) in [5, 5.41) is 0. The molecular weight excluding hydrogens is 203 g/mol. The summed E-state index contributed by atoms with van der Waals surface area (Å²) in [4.78, 5) is 11.0. The topological polar surface area (TPSA) is 52.6 Å². The first kappa shape index (κ1) is 8.93. The summed E-state index contributed by atoms with van der Waals surface area (Å²) >= 11 is 0. The molecule has 0 spiro atoms. The average Bonchev–Trinajstić information content (AvgIpc) is 2.16. The lowest BCUT2D eigenvalue weighted by Crippen LogP contribution is -2.05. The summed E-state index contributed by atoms with van der Waals surface area (Å²) < 4.78 is 43.2. The van der Waals surface area contributed by atoms with E-state index in [0.29, 0.717) is 0 Å². The summed E-state index contributed by atoms with van der Waals surface area (Å²) in [5.41, 5.74) is 0. The first-order valence-electron chi connectivity index (χ1n) is 6.16. The van der Waals surface area contributed by atoms with Gasteiger partial charge in [0.05, 0.1) is 13.2 Å². The molecule has 0 heterocycles. The van der Waals surface area contributed by atoms with Crippen LogP contribution < -0.4 is 0 Å². The van der Waals surface area contributed by atoms with Crippen LogP contribution in [-0.2, 0) is 18.6 Å². The smallest absolute Gasteiger partial charge is 0.305 e. The second-order valence-corrected chi connectivity index (χ2v) is 4.78. The molecule has 0 aliphatic rings. The van der Waals surface area contributed by atoms with Crippen LogP contribution in [-0.4, -0.2) is 31.9 Å². The fourth-order valence-corrected chi connectivity index (χ4v) is 2.06. The van der Waals surface area contributed by atoms with E-state index in [2.05, 4.69) is 0 Å². The van der Waals surface area contributed by atoms with Crippen molar-refractivity contribution in [2.75, 3.05) is 26.0 Å². The molecule has 0 rings (SSSR count). The number of esters is 1. The van der Waals surface area contributed by atoms with Crippen molar-refractivity contribution in [3.05, 3.63) is 0 Å². The maximum absolute atomic E-state index is 12.0. The molecule has 0 saturated heterocycles. The highest BCUT2D eigenvalue weighted by Gasteiger charge is 2.15. The fourth-order valence-electron chi connectivity index (χ4n) is 0.938.